The highest BCUT2D eigenvalue weighted by atomic mass is 35.5. The maximum absolute atomic E-state index is 15.5. The standard InChI is InChI=1S/C27H28ClFN4O7/c1-39-26(10-11-26)13-18(32-22(34)15-3-5-16(6-4-15)31-24(36)37)23(35)33-19-8-7-17(28)21(29)20(19)27(40-25(33)38)9-2-12-30-14-27/h3-8,18,30-31H,2,9-14H2,1H3,(H,32,34)(H,36,37)/t18-,27?/m0/s1. The van der Waals surface area contributed by atoms with E-state index in [1.807, 2.05) is 0 Å². The molecular weight excluding hydrogens is 547 g/mol. The number of imide groups is 1. The molecule has 2 heterocycles. The number of hydrogen-bond acceptors (Lipinski definition) is 7. The number of amides is 4. The SMILES string of the molecule is COC1(C[C@H](NC(=O)c2ccc(NC(=O)O)cc2)C(=O)N2C(=O)OC3(CCCNC3)c3c2ccc(Cl)c3F)CC1. The van der Waals surface area contributed by atoms with Gasteiger partial charge in [0.2, 0.25) is 0 Å². The minimum absolute atomic E-state index is 0.0115. The second kappa shape index (κ2) is 10.7. The summed E-state index contributed by atoms with van der Waals surface area (Å²) >= 11 is 6.11. The lowest BCUT2D eigenvalue weighted by molar-refractivity contribution is -0.122. The first-order chi connectivity index (χ1) is 19.1. The van der Waals surface area contributed by atoms with E-state index in [1.165, 1.54) is 43.5 Å². The molecule has 1 aliphatic carbocycles. The molecule has 1 saturated heterocycles. The number of benzene rings is 2. The third kappa shape index (κ3) is 5.21. The highest BCUT2D eigenvalue weighted by molar-refractivity contribution is 6.31. The Balaban J connectivity index is 1.48. The molecule has 1 unspecified atom stereocenters. The molecule has 40 heavy (non-hydrogen) atoms. The van der Waals surface area contributed by atoms with Gasteiger partial charge >= 0.3 is 12.2 Å². The van der Waals surface area contributed by atoms with Crippen molar-refractivity contribution in [2.24, 2.45) is 0 Å². The van der Waals surface area contributed by atoms with E-state index in [0.29, 0.717) is 32.2 Å². The van der Waals surface area contributed by atoms with Gasteiger partial charge in [0.25, 0.3) is 11.8 Å². The maximum atomic E-state index is 15.5. The fourth-order valence-corrected chi connectivity index (χ4v) is 5.50. The van der Waals surface area contributed by atoms with Crippen LogP contribution in [0.15, 0.2) is 36.4 Å². The zero-order valence-electron chi connectivity index (χ0n) is 21.6. The number of nitrogens with zero attached hydrogens (tertiary/aromatic N) is 1. The fourth-order valence-electron chi connectivity index (χ4n) is 5.34. The van der Waals surface area contributed by atoms with Gasteiger partial charge in [-0.05, 0) is 68.6 Å². The van der Waals surface area contributed by atoms with Gasteiger partial charge < -0.3 is 25.2 Å². The number of hydrogen-bond donors (Lipinski definition) is 4. The second-order valence-corrected chi connectivity index (χ2v) is 10.6. The zero-order chi connectivity index (χ0) is 28.7. The van der Waals surface area contributed by atoms with Crippen molar-refractivity contribution in [1.82, 2.24) is 10.6 Å². The number of carbonyl (C=O) groups is 4. The quantitative estimate of drug-likeness (QED) is 0.388. The fraction of sp³-hybridized carbons (Fsp3) is 0.407. The van der Waals surface area contributed by atoms with Crippen molar-refractivity contribution in [3.8, 4) is 0 Å². The summed E-state index contributed by atoms with van der Waals surface area (Å²) in [6.45, 7) is 0.824. The van der Waals surface area contributed by atoms with Crippen LogP contribution in [0.2, 0.25) is 5.02 Å². The first-order valence-corrected chi connectivity index (χ1v) is 13.2. The van der Waals surface area contributed by atoms with Crippen LogP contribution in [0.1, 0.15) is 48.0 Å². The van der Waals surface area contributed by atoms with Gasteiger partial charge in [0, 0.05) is 31.3 Å². The summed E-state index contributed by atoms with van der Waals surface area (Å²) in [4.78, 5) is 52.2. The molecule has 0 radical (unpaired) electrons. The number of carboxylic acid groups (broad SMARTS) is 1. The lowest BCUT2D eigenvalue weighted by atomic mass is 9.83. The van der Waals surface area contributed by atoms with Gasteiger partial charge in [-0.3, -0.25) is 14.9 Å². The van der Waals surface area contributed by atoms with Crippen molar-refractivity contribution >= 4 is 47.0 Å². The van der Waals surface area contributed by atoms with Crippen LogP contribution >= 0.6 is 11.6 Å². The number of fused-ring (bicyclic) bond motifs is 2. The van der Waals surface area contributed by atoms with Gasteiger partial charge in [-0.1, -0.05) is 11.6 Å². The number of nitrogens with one attached hydrogen (secondary N) is 3. The third-order valence-corrected chi connectivity index (χ3v) is 7.91. The van der Waals surface area contributed by atoms with Crippen LogP contribution in [0.5, 0.6) is 0 Å². The van der Waals surface area contributed by atoms with Crippen molar-refractivity contribution in [1.29, 1.82) is 0 Å². The molecule has 212 valence electrons. The van der Waals surface area contributed by atoms with Gasteiger partial charge in [0.05, 0.1) is 21.9 Å². The summed E-state index contributed by atoms with van der Waals surface area (Å²) in [5, 5.41) is 16.7. The largest absolute Gasteiger partial charge is 0.465 e. The van der Waals surface area contributed by atoms with E-state index in [-0.39, 0.29) is 40.5 Å². The molecule has 2 aromatic carbocycles. The highest BCUT2D eigenvalue weighted by Crippen LogP contribution is 2.47. The molecule has 0 bridgehead atoms. The smallest absolute Gasteiger partial charge is 0.422 e. The lowest BCUT2D eigenvalue weighted by Gasteiger charge is -2.44. The topological polar surface area (TPSA) is 146 Å². The molecule has 5 rings (SSSR count). The van der Waals surface area contributed by atoms with E-state index in [9.17, 15) is 19.2 Å². The minimum atomic E-state index is -1.33. The van der Waals surface area contributed by atoms with Gasteiger partial charge in [-0.2, -0.15) is 0 Å². The summed E-state index contributed by atoms with van der Waals surface area (Å²) in [5.74, 6) is -2.22. The Morgan fingerprint density at radius 1 is 1.20 bits per heavy atom. The van der Waals surface area contributed by atoms with E-state index >= 15 is 4.39 Å². The third-order valence-electron chi connectivity index (χ3n) is 7.62. The number of carbonyl (C=O) groups excluding carboxylic acids is 3. The van der Waals surface area contributed by atoms with Crippen LogP contribution in [0.4, 0.5) is 25.4 Å². The minimum Gasteiger partial charge on any atom is -0.465 e. The summed E-state index contributed by atoms with van der Waals surface area (Å²) in [6, 6.07) is 7.05. The number of rotatable bonds is 7. The Morgan fingerprint density at radius 3 is 2.52 bits per heavy atom. The number of anilines is 2. The van der Waals surface area contributed by atoms with Crippen LogP contribution in [0.25, 0.3) is 0 Å². The van der Waals surface area contributed by atoms with E-state index in [2.05, 4.69) is 16.0 Å². The number of methoxy groups -OCH3 is 1. The second-order valence-electron chi connectivity index (χ2n) is 10.2. The van der Waals surface area contributed by atoms with Crippen LogP contribution in [-0.2, 0) is 19.9 Å². The summed E-state index contributed by atoms with van der Waals surface area (Å²) in [5.41, 5.74) is -1.55. The molecule has 2 aliphatic heterocycles. The van der Waals surface area contributed by atoms with Gasteiger partial charge in [0.1, 0.15) is 6.04 Å². The first-order valence-electron chi connectivity index (χ1n) is 12.8. The van der Waals surface area contributed by atoms with Gasteiger partial charge in [-0.25, -0.2) is 18.9 Å². The average molecular weight is 575 g/mol. The van der Waals surface area contributed by atoms with Crippen LogP contribution in [0.3, 0.4) is 0 Å². The molecular formula is C27H28ClFN4O7. The van der Waals surface area contributed by atoms with Crippen molar-refractivity contribution in [2.75, 3.05) is 30.4 Å². The molecule has 0 aromatic heterocycles. The average Bonchev–Trinajstić information content (AvgIpc) is 3.70. The van der Waals surface area contributed by atoms with E-state index in [0.717, 1.165) is 4.90 Å². The molecule has 3 aliphatic rings. The van der Waals surface area contributed by atoms with Crippen molar-refractivity contribution in [2.45, 2.75) is 49.3 Å². The molecule has 1 spiro atoms. The Hall–Kier alpha value is -3.74. The zero-order valence-corrected chi connectivity index (χ0v) is 22.3. The molecule has 2 aromatic rings. The maximum Gasteiger partial charge on any atom is 0.422 e. The van der Waals surface area contributed by atoms with E-state index in [4.69, 9.17) is 26.2 Å². The van der Waals surface area contributed by atoms with Gasteiger partial charge in [0.15, 0.2) is 11.4 Å². The van der Waals surface area contributed by atoms with Crippen LogP contribution in [0, 0.1) is 5.82 Å². The van der Waals surface area contributed by atoms with E-state index < -0.39 is 47.1 Å². The van der Waals surface area contributed by atoms with Crippen molar-refractivity contribution in [3.05, 3.63) is 58.4 Å². The molecule has 4 N–H and O–H groups in total. The number of piperidine rings is 1. The molecule has 13 heteroatoms. The highest BCUT2D eigenvalue weighted by Gasteiger charge is 2.53. The summed E-state index contributed by atoms with van der Waals surface area (Å²) in [7, 11) is 1.51. The van der Waals surface area contributed by atoms with Crippen LogP contribution < -0.4 is 20.9 Å². The van der Waals surface area contributed by atoms with Gasteiger partial charge in [-0.15, -0.1) is 0 Å². The van der Waals surface area contributed by atoms with Crippen molar-refractivity contribution < 1.29 is 38.1 Å². The Labute approximate surface area is 233 Å². The van der Waals surface area contributed by atoms with Crippen LogP contribution in [-0.4, -0.2) is 60.9 Å². The predicted octanol–water partition coefficient (Wildman–Crippen LogP) is 4.00. The number of ether oxygens (including phenoxy) is 2. The monoisotopic (exact) mass is 574 g/mol. The molecule has 1 saturated carbocycles. The first kappa shape index (κ1) is 27.8. The summed E-state index contributed by atoms with van der Waals surface area (Å²) in [6.07, 6.45) is 0.0922. The lowest BCUT2D eigenvalue weighted by Crippen LogP contribution is -2.58. The Bertz CT molecular complexity index is 1360. The Kier molecular flexibility index (Phi) is 7.42. The molecule has 4 amide bonds. The van der Waals surface area contributed by atoms with Crippen molar-refractivity contribution in [3.63, 3.8) is 0 Å². The normalized spacial score (nSPS) is 21.7. The predicted molar refractivity (Wildman–Crippen MR) is 142 cm³/mol. The summed E-state index contributed by atoms with van der Waals surface area (Å²) < 4.78 is 26.9. The molecule has 2 fully saturated rings. The molecule has 11 nitrogen and oxygen atoms in total. The Morgan fingerprint density at radius 2 is 1.93 bits per heavy atom. The number of halogens is 2. The van der Waals surface area contributed by atoms with E-state index in [1.54, 1.807) is 0 Å². The molecule has 2 atom stereocenters.